The number of benzene rings is 1. The van der Waals surface area contributed by atoms with E-state index in [-0.39, 0.29) is 17.3 Å². The Bertz CT molecular complexity index is 993. The molecule has 0 spiro atoms. The van der Waals surface area contributed by atoms with Crippen LogP contribution in [0.1, 0.15) is 28.9 Å². The van der Waals surface area contributed by atoms with E-state index in [0.717, 1.165) is 12.0 Å². The van der Waals surface area contributed by atoms with Crippen LogP contribution in [0.5, 0.6) is 0 Å². The monoisotopic (exact) mass is 306 g/mol. The lowest BCUT2D eigenvalue weighted by Gasteiger charge is -2.19. The second-order valence-corrected chi connectivity index (χ2v) is 5.60. The number of hydrogen-bond acceptors (Lipinski definition) is 5. The zero-order valence-corrected chi connectivity index (χ0v) is 12.3. The summed E-state index contributed by atoms with van der Waals surface area (Å²) in [5.41, 5.74) is 8.23. The van der Waals surface area contributed by atoms with Gasteiger partial charge in [0.25, 0.3) is 5.56 Å². The highest BCUT2D eigenvalue weighted by Crippen LogP contribution is 2.34. The van der Waals surface area contributed by atoms with Crippen LogP contribution in [0.2, 0.25) is 0 Å². The van der Waals surface area contributed by atoms with E-state index in [4.69, 9.17) is 5.73 Å². The summed E-state index contributed by atoms with van der Waals surface area (Å²) in [6.45, 7) is 0. The number of fused-ring (bicyclic) bond motifs is 2. The van der Waals surface area contributed by atoms with E-state index in [2.05, 4.69) is 15.0 Å². The molecule has 6 nitrogen and oxygen atoms in total. The average Bonchev–Trinajstić information content (AvgIpc) is 2.54. The molecule has 0 saturated carbocycles. The summed E-state index contributed by atoms with van der Waals surface area (Å²) in [6.07, 6.45) is 1.93. The fourth-order valence-corrected chi connectivity index (χ4v) is 3.15. The Labute approximate surface area is 131 Å². The van der Waals surface area contributed by atoms with Gasteiger partial charge in [-0.05, 0) is 18.4 Å². The van der Waals surface area contributed by atoms with E-state index in [9.17, 15) is 9.59 Å². The van der Waals surface area contributed by atoms with Crippen molar-refractivity contribution in [1.29, 1.82) is 0 Å². The molecule has 0 bridgehead atoms. The molecule has 1 aromatic carbocycles. The van der Waals surface area contributed by atoms with Crippen LogP contribution < -0.4 is 11.3 Å². The second kappa shape index (κ2) is 5.01. The third kappa shape index (κ3) is 2.11. The predicted molar refractivity (Wildman–Crippen MR) is 87.3 cm³/mol. The van der Waals surface area contributed by atoms with Gasteiger partial charge in [-0.2, -0.15) is 4.98 Å². The maximum atomic E-state index is 12.5. The van der Waals surface area contributed by atoms with Crippen molar-refractivity contribution in [2.75, 3.05) is 5.73 Å². The van der Waals surface area contributed by atoms with E-state index in [1.807, 2.05) is 30.3 Å². The highest BCUT2D eigenvalue weighted by molar-refractivity contribution is 6.10. The largest absolute Gasteiger partial charge is 0.369 e. The third-order valence-corrected chi connectivity index (χ3v) is 4.11. The van der Waals surface area contributed by atoms with Gasteiger partial charge in [-0.25, -0.2) is 4.98 Å². The fraction of sp³-hybridized carbons (Fsp3) is 0.176. The van der Waals surface area contributed by atoms with Crippen LogP contribution in [0.25, 0.3) is 22.2 Å². The van der Waals surface area contributed by atoms with Crippen LogP contribution in [0.4, 0.5) is 5.95 Å². The number of pyridine rings is 1. The van der Waals surface area contributed by atoms with Crippen LogP contribution in [0.3, 0.4) is 0 Å². The Kier molecular flexibility index (Phi) is 2.97. The Morgan fingerprint density at radius 3 is 2.57 bits per heavy atom. The van der Waals surface area contributed by atoms with Gasteiger partial charge in [-0.1, -0.05) is 30.3 Å². The Hall–Kier alpha value is -3.02. The zero-order chi connectivity index (χ0) is 16.0. The zero-order valence-electron chi connectivity index (χ0n) is 12.3. The summed E-state index contributed by atoms with van der Waals surface area (Å²) in [7, 11) is 0. The summed E-state index contributed by atoms with van der Waals surface area (Å²) in [5, 5.41) is 0.319. The number of nitrogens with two attached hydrogens (primary N) is 1. The van der Waals surface area contributed by atoms with Gasteiger partial charge >= 0.3 is 0 Å². The molecule has 2 aromatic heterocycles. The molecule has 0 unspecified atom stereocenters. The minimum Gasteiger partial charge on any atom is -0.369 e. The minimum absolute atomic E-state index is 0.0238. The van der Waals surface area contributed by atoms with E-state index < -0.39 is 0 Å². The SMILES string of the molecule is Nc1nc2nc3c(c(-c4ccccc4)c2c(=O)[nH]1)C(=O)CCC3. The van der Waals surface area contributed by atoms with Crippen LogP contribution in [0, 0.1) is 0 Å². The Morgan fingerprint density at radius 1 is 1.00 bits per heavy atom. The molecule has 2 heterocycles. The van der Waals surface area contributed by atoms with Crippen molar-refractivity contribution in [3.63, 3.8) is 0 Å². The number of H-pyrrole nitrogens is 1. The van der Waals surface area contributed by atoms with Crippen LogP contribution in [-0.4, -0.2) is 20.7 Å². The molecule has 0 aliphatic heterocycles. The van der Waals surface area contributed by atoms with Crippen molar-refractivity contribution in [1.82, 2.24) is 15.0 Å². The number of rotatable bonds is 1. The molecule has 1 aliphatic rings. The number of Topliss-reactive ketones (excluding diaryl/α,β-unsaturated/α-hetero) is 1. The first-order valence-electron chi connectivity index (χ1n) is 7.46. The summed E-state index contributed by atoms with van der Waals surface area (Å²) in [6, 6.07) is 9.40. The number of nitrogens with one attached hydrogen (secondary N) is 1. The lowest BCUT2D eigenvalue weighted by atomic mass is 9.87. The number of anilines is 1. The van der Waals surface area contributed by atoms with Crippen molar-refractivity contribution in [3.05, 3.63) is 51.9 Å². The molecule has 114 valence electrons. The first kappa shape index (κ1) is 13.6. The molecule has 0 radical (unpaired) electrons. The quantitative estimate of drug-likeness (QED) is 0.716. The normalized spacial score (nSPS) is 14.0. The number of nitrogen functional groups attached to an aromatic ring is 1. The summed E-state index contributed by atoms with van der Waals surface area (Å²) < 4.78 is 0. The molecule has 3 N–H and O–H groups in total. The second-order valence-electron chi connectivity index (χ2n) is 5.60. The number of carbonyl (C=O) groups excluding carboxylic acids is 1. The lowest BCUT2D eigenvalue weighted by Crippen LogP contribution is -2.19. The average molecular weight is 306 g/mol. The molecular weight excluding hydrogens is 292 g/mol. The Morgan fingerprint density at radius 2 is 1.78 bits per heavy atom. The number of aromatic amines is 1. The van der Waals surface area contributed by atoms with Crippen LogP contribution in [0.15, 0.2) is 35.1 Å². The van der Waals surface area contributed by atoms with E-state index in [1.165, 1.54) is 0 Å². The van der Waals surface area contributed by atoms with Crippen molar-refractivity contribution in [2.24, 2.45) is 0 Å². The van der Waals surface area contributed by atoms with Crippen molar-refractivity contribution in [3.8, 4) is 11.1 Å². The molecule has 23 heavy (non-hydrogen) atoms. The first-order chi connectivity index (χ1) is 11.1. The molecule has 1 aliphatic carbocycles. The standard InChI is InChI=1S/C17H14N4O2/c18-17-20-15-14(16(23)21-17)12(9-5-2-1-3-6-9)13-10(19-15)7-4-8-11(13)22/h1-3,5-6H,4,7-8H2,(H3,18,19,20,21,23). The number of aryl methyl sites for hydroxylation is 1. The van der Waals surface area contributed by atoms with Gasteiger partial charge in [0.15, 0.2) is 11.4 Å². The third-order valence-electron chi connectivity index (χ3n) is 4.11. The summed E-state index contributed by atoms with van der Waals surface area (Å²) in [4.78, 5) is 36.1. The number of aromatic nitrogens is 3. The van der Waals surface area contributed by atoms with Gasteiger partial charge in [0.1, 0.15) is 0 Å². The maximum absolute atomic E-state index is 12.5. The van der Waals surface area contributed by atoms with Crippen molar-refractivity contribution >= 4 is 22.8 Å². The van der Waals surface area contributed by atoms with E-state index in [0.29, 0.717) is 40.7 Å². The van der Waals surface area contributed by atoms with Gasteiger partial charge in [0, 0.05) is 17.5 Å². The molecule has 0 fully saturated rings. The molecule has 0 amide bonds. The highest BCUT2D eigenvalue weighted by atomic mass is 16.1. The van der Waals surface area contributed by atoms with Gasteiger partial charge in [-0.15, -0.1) is 0 Å². The Balaban J connectivity index is 2.22. The molecular formula is C17H14N4O2. The molecule has 0 saturated heterocycles. The maximum Gasteiger partial charge on any atom is 0.262 e. The van der Waals surface area contributed by atoms with Crippen LogP contribution in [-0.2, 0) is 6.42 Å². The molecule has 4 rings (SSSR count). The van der Waals surface area contributed by atoms with Gasteiger partial charge in [0.05, 0.1) is 11.1 Å². The highest BCUT2D eigenvalue weighted by Gasteiger charge is 2.26. The van der Waals surface area contributed by atoms with Gasteiger partial charge in [0.2, 0.25) is 5.95 Å². The molecule has 6 heteroatoms. The van der Waals surface area contributed by atoms with E-state index in [1.54, 1.807) is 0 Å². The molecule has 3 aromatic rings. The molecule has 0 atom stereocenters. The predicted octanol–water partition coefficient (Wildman–Crippen LogP) is 2.09. The van der Waals surface area contributed by atoms with Crippen molar-refractivity contribution < 1.29 is 4.79 Å². The lowest BCUT2D eigenvalue weighted by molar-refractivity contribution is 0.0972. The number of ketones is 1. The minimum atomic E-state index is -0.375. The van der Waals surface area contributed by atoms with E-state index >= 15 is 0 Å². The summed E-state index contributed by atoms with van der Waals surface area (Å²) >= 11 is 0. The van der Waals surface area contributed by atoms with Gasteiger partial charge in [-0.3, -0.25) is 14.6 Å². The smallest absolute Gasteiger partial charge is 0.262 e. The first-order valence-corrected chi connectivity index (χ1v) is 7.46. The summed E-state index contributed by atoms with van der Waals surface area (Å²) in [5.74, 6) is 0.0480. The topological polar surface area (TPSA) is 102 Å². The van der Waals surface area contributed by atoms with Crippen LogP contribution >= 0.6 is 0 Å². The number of carbonyl (C=O) groups is 1. The fourth-order valence-electron chi connectivity index (χ4n) is 3.15. The van der Waals surface area contributed by atoms with Crippen molar-refractivity contribution in [2.45, 2.75) is 19.3 Å². The number of hydrogen-bond donors (Lipinski definition) is 2. The number of nitrogens with zero attached hydrogens (tertiary/aromatic N) is 2. The van der Waals surface area contributed by atoms with Gasteiger partial charge < -0.3 is 5.73 Å².